The van der Waals surface area contributed by atoms with Crippen molar-refractivity contribution in [1.82, 2.24) is 10.3 Å². The molecule has 2 rings (SSSR count). The van der Waals surface area contributed by atoms with Crippen LogP contribution in [0, 0.1) is 11.8 Å². The molecule has 0 radical (unpaired) electrons. The van der Waals surface area contributed by atoms with Crippen molar-refractivity contribution in [2.75, 3.05) is 13.1 Å². The monoisotopic (exact) mass is 251 g/mol. The number of furan rings is 1. The van der Waals surface area contributed by atoms with Crippen LogP contribution in [-0.2, 0) is 6.54 Å². The topological polar surface area (TPSA) is 71.5 Å². The van der Waals surface area contributed by atoms with Crippen LogP contribution < -0.4 is 11.3 Å². The number of piperidine rings is 1. The zero-order valence-corrected chi connectivity index (χ0v) is 11.0. The predicted octanol–water partition coefficient (Wildman–Crippen LogP) is 1.36. The van der Waals surface area contributed by atoms with E-state index in [9.17, 15) is 4.79 Å². The molecular formula is C13H21N3O2. The molecule has 5 nitrogen and oxygen atoms in total. The third kappa shape index (κ3) is 2.91. The summed E-state index contributed by atoms with van der Waals surface area (Å²) in [7, 11) is 0. The van der Waals surface area contributed by atoms with E-state index in [0.717, 1.165) is 31.3 Å². The smallest absolute Gasteiger partial charge is 0.268 e. The summed E-state index contributed by atoms with van der Waals surface area (Å²) in [5.41, 5.74) is 2.58. The van der Waals surface area contributed by atoms with E-state index in [1.165, 1.54) is 12.7 Å². The lowest BCUT2D eigenvalue weighted by molar-refractivity contribution is 0.0953. The van der Waals surface area contributed by atoms with Crippen LogP contribution in [0.3, 0.4) is 0 Å². The van der Waals surface area contributed by atoms with Crippen LogP contribution in [0.5, 0.6) is 0 Å². The van der Waals surface area contributed by atoms with Crippen LogP contribution in [0.1, 0.15) is 36.4 Å². The Balaban J connectivity index is 1.93. The van der Waals surface area contributed by atoms with Gasteiger partial charge in [0.05, 0.1) is 12.1 Å². The summed E-state index contributed by atoms with van der Waals surface area (Å²) in [5, 5.41) is 0. The average Bonchev–Trinajstić information content (AvgIpc) is 2.81. The lowest BCUT2D eigenvalue weighted by Gasteiger charge is -2.34. The van der Waals surface area contributed by atoms with Gasteiger partial charge in [-0.05, 0) is 30.9 Å². The molecule has 100 valence electrons. The third-order valence-corrected chi connectivity index (χ3v) is 3.84. The second-order valence-corrected chi connectivity index (χ2v) is 5.25. The Morgan fingerprint density at radius 1 is 1.56 bits per heavy atom. The molecule has 1 aliphatic rings. The minimum atomic E-state index is -0.314. The second kappa shape index (κ2) is 5.54. The Labute approximate surface area is 107 Å². The third-order valence-electron chi connectivity index (χ3n) is 3.84. The molecule has 1 fully saturated rings. The van der Waals surface area contributed by atoms with Crippen LogP contribution in [0.15, 0.2) is 16.7 Å². The van der Waals surface area contributed by atoms with Crippen LogP contribution in [0.25, 0.3) is 0 Å². The molecule has 2 heterocycles. The summed E-state index contributed by atoms with van der Waals surface area (Å²) in [4.78, 5) is 13.7. The number of rotatable bonds is 3. The van der Waals surface area contributed by atoms with Gasteiger partial charge in [0.15, 0.2) is 0 Å². The van der Waals surface area contributed by atoms with Crippen molar-refractivity contribution in [1.29, 1.82) is 0 Å². The van der Waals surface area contributed by atoms with Crippen molar-refractivity contribution in [2.45, 2.75) is 26.8 Å². The highest BCUT2D eigenvalue weighted by Gasteiger charge is 2.23. The number of nitrogens with zero attached hydrogens (tertiary/aromatic N) is 1. The number of amides is 1. The average molecular weight is 251 g/mol. The molecule has 1 saturated heterocycles. The zero-order chi connectivity index (χ0) is 13.1. The SMILES string of the molecule is CC1CCN(Cc2cc(C(=O)NN)co2)CC1C. The summed E-state index contributed by atoms with van der Waals surface area (Å²) in [6, 6.07) is 1.75. The number of hydrazine groups is 1. The fraction of sp³-hybridized carbons (Fsp3) is 0.615. The van der Waals surface area contributed by atoms with Crippen molar-refractivity contribution in [3.63, 3.8) is 0 Å². The van der Waals surface area contributed by atoms with E-state index in [2.05, 4.69) is 24.2 Å². The summed E-state index contributed by atoms with van der Waals surface area (Å²) >= 11 is 0. The number of nitrogen functional groups attached to an aromatic ring is 1. The molecule has 0 aromatic carbocycles. The maximum absolute atomic E-state index is 11.3. The Morgan fingerprint density at radius 3 is 3.00 bits per heavy atom. The summed E-state index contributed by atoms with van der Waals surface area (Å²) < 4.78 is 5.39. The molecule has 2 unspecified atom stereocenters. The van der Waals surface area contributed by atoms with Crippen molar-refractivity contribution in [3.8, 4) is 0 Å². The highest BCUT2D eigenvalue weighted by molar-refractivity contribution is 5.93. The van der Waals surface area contributed by atoms with E-state index in [1.54, 1.807) is 6.07 Å². The van der Waals surface area contributed by atoms with Gasteiger partial charge in [-0.3, -0.25) is 15.1 Å². The van der Waals surface area contributed by atoms with Gasteiger partial charge in [-0.15, -0.1) is 0 Å². The molecule has 0 bridgehead atoms. The Bertz CT molecular complexity index is 416. The van der Waals surface area contributed by atoms with Crippen LogP contribution in [-0.4, -0.2) is 23.9 Å². The van der Waals surface area contributed by atoms with Gasteiger partial charge in [0.2, 0.25) is 0 Å². The first-order valence-electron chi connectivity index (χ1n) is 6.41. The van der Waals surface area contributed by atoms with Gasteiger partial charge >= 0.3 is 0 Å². The molecule has 1 aliphatic heterocycles. The number of likely N-dealkylation sites (tertiary alicyclic amines) is 1. The standard InChI is InChI=1S/C13H21N3O2/c1-9-3-4-16(6-10(9)2)7-12-5-11(8-18-12)13(17)15-14/h5,8-10H,3-4,6-7,14H2,1-2H3,(H,15,17). The molecule has 1 amide bonds. The highest BCUT2D eigenvalue weighted by Crippen LogP contribution is 2.24. The first-order valence-corrected chi connectivity index (χ1v) is 6.41. The van der Waals surface area contributed by atoms with Gasteiger partial charge in [-0.1, -0.05) is 13.8 Å². The molecule has 1 aromatic rings. The number of carbonyl (C=O) groups is 1. The van der Waals surface area contributed by atoms with Gasteiger partial charge in [0, 0.05) is 6.54 Å². The molecule has 3 N–H and O–H groups in total. The lowest BCUT2D eigenvalue weighted by Crippen LogP contribution is -2.37. The van der Waals surface area contributed by atoms with Crippen molar-refractivity contribution in [3.05, 3.63) is 23.7 Å². The van der Waals surface area contributed by atoms with E-state index in [4.69, 9.17) is 10.3 Å². The second-order valence-electron chi connectivity index (χ2n) is 5.25. The van der Waals surface area contributed by atoms with Crippen LogP contribution in [0.2, 0.25) is 0 Å². The van der Waals surface area contributed by atoms with Gasteiger partial charge in [0.25, 0.3) is 5.91 Å². The molecule has 1 aromatic heterocycles. The van der Waals surface area contributed by atoms with Gasteiger partial charge in [-0.25, -0.2) is 5.84 Å². The maximum atomic E-state index is 11.3. The van der Waals surface area contributed by atoms with Crippen LogP contribution in [0.4, 0.5) is 0 Å². The lowest BCUT2D eigenvalue weighted by atomic mass is 9.89. The molecule has 0 spiro atoms. The summed E-state index contributed by atoms with van der Waals surface area (Å²) in [6.07, 6.45) is 2.67. The molecule has 0 saturated carbocycles. The van der Waals surface area contributed by atoms with Gasteiger partial charge in [0.1, 0.15) is 12.0 Å². The number of carbonyl (C=O) groups excluding carboxylic acids is 1. The largest absolute Gasteiger partial charge is 0.467 e. The van der Waals surface area contributed by atoms with Crippen LogP contribution >= 0.6 is 0 Å². The summed E-state index contributed by atoms with van der Waals surface area (Å²) in [6.45, 7) is 7.52. The van der Waals surface area contributed by atoms with E-state index in [-0.39, 0.29) is 5.91 Å². The van der Waals surface area contributed by atoms with Gasteiger partial charge < -0.3 is 4.42 Å². The van der Waals surface area contributed by atoms with E-state index in [1.807, 2.05) is 0 Å². The zero-order valence-electron chi connectivity index (χ0n) is 11.0. The Morgan fingerprint density at radius 2 is 2.33 bits per heavy atom. The van der Waals surface area contributed by atoms with Gasteiger partial charge in [-0.2, -0.15) is 0 Å². The molecule has 0 aliphatic carbocycles. The van der Waals surface area contributed by atoms with Crippen molar-refractivity contribution >= 4 is 5.91 Å². The number of nitrogens with two attached hydrogens (primary N) is 1. The minimum absolute atomic E-state index is 0.314. The Kier molecular flexibility index (Phi) is 4.04. The molecule has 18 heavy (non-hydrogen) atoms. The predicted molar refractivity (Wildman–Crippen MR) is 68.6 cm³/mol. The first kappa shape index (κ1) is 13.1. The van der Waals surface area contributed by atoms with E-state index >= 15 is 0 Å². The normalized spacial score (nSPS) is 25.1. The first-order chi connectivity index (χ1) is 8.60. The number of nitrogens with one attached hydrogen (secondary N) is 1. The quantitative estimate of drug-likeness (QED) is 0.483. The minimum Gasteiger partial charge on any atom is -0.467 e. The van der Waals surface area contributed by atoms with Crippen molar-refractivity contribution < 1.29 is 9.21 Å². The fourth-order valence-corrected chi connectivity index (χ4v) is 2.38. The fourth-order valence-electron chi connectivity index (χ4n) is 2.38. The number of hydrogen-bond donors (Lipinski definition) is 2. The molecular weight excluding hydrogens is 230 g/mol. The Hall–Kier alpha value is -1.33. The maximum Gasteiger partial charge on any atom is 0.268 e. The molecule has 5 heteroatoms. The highest BCUT2D eigenvalue weighted by atomic mass is 16.3. The molecule has 2 atom stereocenters. The van der Waals surface area contributed by atoms with Crippen molar-refractivity contribution in [2.24, 2.45) is 17.7 Å². The van der Waals surface area contributed by atoms with E-state index < -0.39 is 0 Å². The van der Waals surface area contributed by atoms with E-state index in [0.29, 0.717) is 11.5 Å². The number of hydrogen-bond acceptors (Lipinski definition) is 4. The summed E-state index contributed by atoms with van der Waals surface area (Å²) in [5.74, 6) is 7.08.